The number of ether oxygens (including phenoxy) is 2. The van der Waals surface area contributed by atoms with Gasteiger partial charge >= 0.3 is 0 Å². The van der Waals surface area contributed by atoms with Gasteiger partial charge in [0.05, 0.1) is 14.2 Å². The van der Waals surface area contributed by atoms with Crippen molar-refractivity contribution >= 4 is 15.9 Å². The van der Waals surface area contributed by atoms with Gasteiger partial charge in [-0.15, -0.1) is 0 Å². The Hall–Kier alpha value is -2.58. The van der Waals surface area contributed by atoms with Crippen LogP contribution >= 0.6 is 0 Å². The summed E-state index contributed by atoms with van der Waals surface area (Å²) < 4.78 is 38.4. The zero-order valence-corrected chi connectivity index (χ0v) is 16.2. The Morgan fingerprint density at radius 2 is 1.78 bits per heavy atom. The van der Waals surface area contributed by atoms with E-state index in [0.29, 0.717) is 11.3 Å². The Morgan fingerprint density at radius 1 is 1.07 bits per heavy atom. The lowest BCUT2D eigenvalue weighted by Gasteiger charge is -2.34. The van der Waals surface area contributed by atoms with Crippen molar-refractivity contribution in [2.24, 2.45) is 0 Å². The molecule has 1 saturated heterocycles. The number of carbonyl (C=O) groups is 1. The second-order valence-electron chi connectivity index (χ2n) is 6.24. The molecule has 1 atom stereocenters. The third kappa shape index (κ3) is 3.63. The molecule has 0 bridgehead atoms. The maximum absolute atomic E-state index is 13.4. The van der Waals surface area contributed by atoms with E-state index in [0.717, 1.165) is 5.56 Å². The van der Waals surface area contributed by atoms with Crippen LogP contribution < -0.4 is 14.8 Å². The molecule has 144 valence electrons. The van der Waals surface area contributed by atoms with Crippen molar-refractivity contribution in [3.63, 3.8) is 0 Å². The molecule has 27 heavy (non-hydrogen) atoms. The first-order valence-electron chi connectivity index (χ1n) is 8.46. The van der Waals surface area contributed by atoms with Gasteiger partial charge < -0.3 is 14.8 Å². The Labute approximate surface area is 158 Å². The van der Waals surface area contributed by atoms with Crippen LogP contribution in [-0.2, 0) is 14.8 Å². The number of nitrogens with one attached hydrogen (secondary N) is 1. The molecule has 0 aromatic heterocycles. The summed E-state index contributed by atoms with van der Waals surface area (Å²) >= 11 is 0. The fraction of sp³-hybridized carbons (Fsp3) is 0.316. The molecule has 0 spiro atoms. The highest BCUT2D eigenvalue weighted by atomic mass is 32.2. The first kappa shape index (κ1) is 19.2. The van der Waals surface area contributed by atoms with E-state index >= 15 is 0 Å². The summed E-state index contributed by atoms with van der Waals surface area (Å²) in [6, 6.07) is 10.8. The van der Waals surface area contributed by atoms with Gasteiger partial charge in [-0.05, 0) is 42.3 Å². The fourth-order valence-electron chi connectivity index (χ4n) is 3.12. The van der Waals surface area contributed by atoms with Gasteiger partial charge in [0.15, 0.2) is 0 Å². The highest BCUT2D eigenvalue weighted by molar-refractivity contribution is 7.89. The summed E-state index contributed by atoms with van der Waals surface area (Å²) in [5, 5.41) is 2.75. The van der Waals surface area contributed by atoms with Crippen LogP contribution in [-0.4, -0.2) is 45.9 Å². The zero-order valence-electron chi connectivity index (χ0n) is 15.4. The number of hydrogen-bond acceptors (Lipinski definition) is 5. The summed E-state index contributed by atoms with van der Waals surface area (Å²) in [6.07, 6.45) is 0. The molecule has 1 aliphatic rings. The first-order valence-corrected chi connectivity index (χ1v) is 9.90. The van der Waals surface area contributed by atoms with Gasteiger partial charge in [0, 0.05) is 13.1 Å². The molecular formula is C19H22N2O5S. The lowest BCUT2D eigenvalue weighted by molar-refractivity contribution is -0.126. The summed E-state index contributed by atoms with van der Waals surface area (Å²) in [5.41, 5.74) is 1.36. The summed E-state index contributed by atoms with van der Waals surface area (Å²) in [7, 11) is -0.988. The Bertz CT molecular complexity index is 941. The lowest BCUT2D eigenvalue weighted by Crippen LogP contribution is -2.52. The van der Waals surface area contributed by atoms with Crippen molar-refractivity contribution in [2.75, 3.05) is 27.3 Å². The molecule has 1 N–H and O–H groups in total. The van der Waals surface area contributed by atoms with Gasteiger partial charge in [-0.25, -0.2) is 8.42 Å². The minimum absolute atomic E-state index is 0.0539. The monoisotopic (exact) mass is 390 g/mol. The quantitative estimate of drug-likeness (QED) is 0.843. The molecule has 1 amide bonds. The number of sulfonamides is 1. The molecule has 0 radical (unpaired) electrons. The van der Waals surface area contributed by atoms with Crippen LogP contribution in [0.2, 0.25) is 0 Å². The number of benzene rings is 2. The van der Waals surface area contributed by atoms with E-state index < -0.39 is 16.1 Å². The average molecular weight is 390 g/mol. The number of piperazine rings is 1. The van der Waals surface area contributed by atoms with Crippen LogP contribution in [0.1, 0.15) is 17.2 Å². The smallest absolute Gasteiger partial charge is 0.247 e. The number of nitrogens with zero attached hydrogens (tertiary/aromatic N) is 1. The SMILES string of the molecule is COc1ccc(C2C(=O)NCCN2S(=O)(=O)c2cc(C)ccc2OC)cc1. The number of rotatable bonds is 5. The molecule has 2 aromatic carbocycles. The molecule has 0 aliphatic carbocycles. The third-order valence-electron chi connectivity index (χ3n) is 4.51. The second-order valence-corrected chi connectivity index (χ2v) is 8.10. The molecule has 1 fully saturated rings. The van der Waals surface area contributed by atoms with Gasteiger partial charge in [-0.1, -0.05) is 18.2 Å². The second kappa shape index (κ2) is 7.58. The van der Waals surface area contributed by atoms with E-state index in [-0.39, 0.29) is 29.6 Å². The summed E-state index contributed by atoms with van der Waals surface area (Å²) in [4.78, 5) is 12.6. The molecule has 7 nitrogen and oxygen atoms in total. The molecule has 1 unspecified atom stereocenters. The Kier molecular flexibility index (Phi) is 5.38. The minimum atomic E-state index is -3.96. The maximum atomic E-state index is 13.4. The number of amides is 1. The van der Waals surface area contributed by atoms with Gasteiger partial charge in [-0.3, -0.25) is 4.79 Å². The standard InChI is InChI=1S/C19H22N2O5S/c1-13-4-9-16(26-3)17(12-13)27(23,24)21-11-10-20-19(22)18(21)14-5-7-15(25-2)8-6-14/h4-9,12,18H,10-11H2,1-3H3,(H,20,22). The van der Waals surface area contributed by atoms with E-state index in [1.54, 1.807) is 49.6 Å². The fourth-order valence-corrected chi connectivity index (χ4v) is 4.94. The molecular weight excluding hydrogens is 368 g/mol. The topological polar surface area (TPSA) is 84.9 Å². The molecule has 0 saturated carbocycles. The van der Waals surface area contributed by atoms with E-state index in [2.05, 4.69) is 5.32 Å². The largest absolute Gasteiger partial charge is 0.497 e. The van der Waals surface area contributed by atoms with Crippen LogP contribution in [0.4, 0.5) is 0 Å². The lowest BCUT2D eigenvalue weighted by atomic mass is 10.0. The first-order chi connectivity index (χ1) is 12.9. The molecule has 8 heteroatoms. The van der Waals surface area contributed by atoms with Crippen molar-refractivity contribution < 1.29 is 22.7 Å². The summed E-state index contributed by atoms with van der Waals surface area (Å²) in [5.74, 6) is 0.520. The highest BCUT2D eigenvalue weighted by Gasteiger charge is 2.40. The molecule has 1 aliphatic heterocycles. The number of carbonyl (C=O) groups excluding carboxylic acids is 1. The van der Waals surface area contributed by atoms with E-state index in [4.69, 9.17) is 9.47 Å². The van der Waals surface area contributed by atoms with Crippen LogP contribution in [0, 0.1) is 6.92 Å². The highest BCUT2D eigenvalue weighted by Crippen LogP contribution is 2.34. The Balaban J connectivity index is 2.08. The number of hydrogen-bond donors (Lipinski definition) is 1. The van der Waals surface area contributed by atoms with Gasteiger partial charge in [0.1, 0.15) is 22.4 Å². The minimum Gasteiger partial charge on any atom is -0.497 e. The van der Waals surface area contributed by atoms with E-state index in [9.17, 15) is 13.2 Å². The van der Waals surface area contributed by atoms with Crippen LogP contribution in [0.5, 0.6) is 11.5 Å². The zero-order chi connectivity index (χ0) is 19.6. The van der Waals surface area contributed by atoms with Crippen molar-refractivity contribution in [3.8, 4) is 11.5 Å². The van der Waals surface area contributed by atoms with E-state index in [1.165, 1.54) is 11.4 Å². The van der Waals surface area contributed by atoms with Crippen LogP contribution in [0.3, 0.4) is 0 Å². The number of methoxy groups -OCH3 is 2. The van der Waals surface area contributed by atoms with Crippen LogP contribution in [0.15, 0.2) is 47.4 Å². The van der Waals surface area contributed by atoms with Crippen molar-refractivity contribution in [3.05, 3.63) is 53.6 Å². The van der Waals surface area contributed by atoms with Crippen molar-refractivity contribution in [2.45, 2.75) is 17.9 Å². The van der Waals surface area contributed by atoms with E-state index in [1.807, 2.05) is 6.92 Å². The van der Waals surface area contributed by atoms with Gasteiger partial charge in [-0.2, -0.15) is 4.31 Å². The van der Waals surface area contributed by atoms with Gasteiger partial charge in [0.2, 0.25) is 15.9 Å². The number of aryl methyl sites for hydroxylation is 1. The predicted octanol–water partition coefficient (Wildman–Crippen LogP) is 1.87. The summed E-state index contributed by atoms with van der Waals surface area (Å²) in [6.45, 7) is 2.23. The average Bonchev–Trinajstić information content (AvgIpc) is 2.68. The normalized spacial score (nSPS) is 18.0. The third-order valence-corrected chi connectivity index (χ3v) is 6.39. The Morgan fingerprint density at radius 3 is 2.41 bits per heavy atom. The molecule has 2 aromatic rings. The van der Waals surface area contributed by atoms with Crippen molar-refractivity contribution in [1.82, 2.24) is 9.62 Å². The maximum Gasteiger partial charge on any atom is 0.247 e. The molecule has 1 heterocycles. The van der Waals surface area contributed by atoms with Crippen molar-refractivity contribution in [1.29, 1.82) is 0 Å². The molecule has 3 rings (SSSR count). The van der Waals surface area contributed by atoms with Crippen LogP contribution in [0.25, 0.3) is 0 Å². The predicted molar refractivity (Wildman–Crippen MR) is 100 cm³/mol. The van der Waals surface area contributed by atoms with Gasteiger partial charge in [0.25, 0.3) is 0 Å².